The Morgan fingerprint density at radius 2 is 2.12 bits per heavy atom. The maximum Gasteiger partial charge on any atom is 0.252 e. The molecular formula is C16H17N5O4S. The summed E-state index contributed by atoms with van der Waals surface area (Å²) in [7, 11) is -2.13. The number of amides is 1. The second-order valence-corrected chi connectivity index (χ2v) is 7.22. The van der Waals surface area contributed by atoms with E-state index in [4.69, 9.17) is 4.74 Å². The largest absolute Gasteiger partial charge is 0.481 e. The van der Waals surface area contributed by atoms with Crippen molar-refractivity contribution in [1.82, 2.24) is 19.9 Å². The fourth-order valence-electron chi connectivity index (χ4n) is 2.25. The van der Waals surface area contributed by atoms with Crippen LogP contribution >= 0.6 is 0 Å². The SMILES string of the molecule is COc1ccc(C(=O)NCCS(=O)(=O)Nc2ccn3nccc3c2)cn1. The summed E-state index contributed by atoms with van der Waals surface area (Å²) in [4.78, 5) is 15.9. The lowest BCUT2D eigenvalue weighted by Crippen LogP contribution is -2.31. The molecule has 0 radical (unpaired) electrons. The highest BCUT2D eigenvalue weighted by molar-refractivity contribution is 7.92. The predicted molar refractivity (Wildman–Crippen MR) is 95.7 cm³/mol. The monoisotopic (exact) mass is 375 g/mol. The number of hydrogen-bond donors (Lipinski definition) is 2. The van der Waals surface area contributed by atoms with Gasteiger partial charge in [0.25, 0.3) is 5.91 Å². The van der Waals surface area contributed by atoms with Crippen molar-refractivity contribution in [3.63, 3.8) is 0 Å². The number of pyridine rings is 2. The zero-order chi connectivity index (χ0) is 18.6. The molecule has 0 saturated heterocycles. The van der Waals surface area contributed by atoms with Crippen LogP contribution in [0.2, 0.25) is 0 Å². The normalized spacial score (nSPS) is 11.3. The van der Waals surface area contributed by atoms with Gasteiger partial charge in [-0.05, 0) is 24.3 Å². The van der Waals surface area contributed by atoms with E-state index >= 15 is 0 Å². The number of carbonyl (C=O) groups is 1. The molecule has 9 nitrogen and oxygen atoms in total. The van der Waals surface area contributed by atoms with Crippen LogP contribution < -0.4 is 14.8 Å². The van der Waals surface area contributed by atoms with Crippen LogP contribution in [0.4, 0.5) is 5.69 Å². The molecule has 3 aromatic rings. The number of nitrogens with one attached hydrogen (secondary N) is 2. The number of carbonyl (C=O) groups excluding carboxylic acids is 1. The van der Waals surface area contributed by atoms with Crippen molar-refractivity contribution in [2.45, 2.75) is 0 Å². The third kappa shape index (κ3) is 4.28. The Balaban J connectivity index is 1.54. The number of fused-ring (bicyclic) bond motifs is 1. The zero-order valence-electron chi connectivity index (χ0n) is 13.9. The van der Waals surface area contributed by atoms with Crippen LogP contribution in [0.25, 0.3) is 5.52 Å². The molecule has 0 spiro atoms. The molecule has 3 aromatic heterocycles. The molecule has 3 heterocycles. The Bertz CT molecular complexity index is 1010. The van der Waals surface area contributed by atoms with E-state index in [1.807, 2.05) is 0 Å². The molecule has 0 unspecified atom stereocenters. The van der Waals surface area contributed by atoms with Gasteiger partial charge in [0.1, 0.15) is 0 Å². The van der Waals surface area contributed by atoms with Gasteiger partial charge in [-0.3, -0.25) is 9.52 Å². The lowest BCUT2D eigenvalue weighted by Gasteiger charge is -2.09. The predicted octanol–water partition coefficient (Wildman–Crippen LogP) is 0.910. The molecule has 3 rings (SSSR count). The van der Waals surface area contributed by atoms with Gasteiger partial charge in [0.15, 0.2) is 0 Å². The number of sulfonamides is 1. The van der Waals surface area contributed by atoms with Crippen molar-refractivity contribution in [2.75, 3.05) is 24.1 Å². The van der Waals surface area contributed by atoms with Gasteiger partial charge in [0, 0.05) is 31.2 Å². The number of anilines is 1. The Hall–Kier alpha value is -3.14. The summed E-state index contributed by atoms with van der Waals surface area (Å²) in [6.07, 6.45) is 4.64. The van der Waals surface area contributed by atoms with Crippen LogP contribution in [0.3, 0.4) is 0 Å². The molecule has 1 amide bonds. The Morgan fingerprint density at radius 1 is 1.27 bits per heavy atom. The molecule has 2 N–H and O–H groups in total. The van der Waals surface area contributed by atoms with Crippen LogP contribution in [0.15, 0.2) is 48.9 Å². The van der Waals surface area contributed by atoms with Crippen LogP contribution in [0.5, 0.6) is 5.88 Å². The molecule has 0 aromatic carbocycles. The van der Waals surface area contributed by atoms with E-state index in [9.17, 15) is 13.2 Å². The number of nitrogens with zero attached hydrogens (tertiary/aromatic N) is 3. The zero-order valence-corrected chi connectivity index (χ0v) is 14.7. The average Bonchev–Trinajstić information content (AvgIpc) is 3.09. The average molecular weight is 375 g/mol. The molecule has 0 aliphatic carbocycles. The fraction of sp³-hybridized carbons (Fsp3) is 0.188. The van der Waals surface area contributed by atoms with Gasteiger partial charge in [0.2, 0.25) is 15.9 Å². The highest BCUT2D eigenvalue weighted by Gasteiger charge is 2.13. The number of methoxy groups -OCH3 is 1. The lowest BCUT2D eigenvalue weighted by atomic mass is 10.2. The summed E-state index contributed by atoms with van der Waals surface area (Å²) in [6.45, 7) is -0.0326. The summed E-state index contributed by atoms with van der Waals surface area (Å²) in [6, 6.07) is 8.15. The molecule has 0 bridgehead atoms. The van der Waals surface area contributed by atoms with Crippen molar-refractivity contribution >= 4 is 27.1 Å². The quantitative estimate of drug-likeness (QED) is 0.634. The number of rotatable bonds is 7. The second kappa shape index (κ2) is 7.40. The maximum atomic E-state index is 12.2. The lowest BCUT2D eigenvalue weighted by molar-refractivity contribution is 0.0955. The van der Waals surface area contributed by atoms with Crippen LogP contribution in [0.1, 0.15) is 10.4 Å². The van der Waals surface area contributed by atoms with Crippen molar-refractivity contribution in [3.8, 4) is 5.88 Å². The van der Waals surface area contributed by atoms with E-state index in [-0.39, 0.29) is 12.3 Å². The van der Waals surface area contributed by atoms with Crippen molar-refractivity contribution in [2.24, 2.45) is 0 Å². The summed E-state index contributed by atoms with van der Waals surface area (Å²) in [5.41, 5.74) is 1.52. The molecule has 0 atom stereocenters. The summed E-state index contributed by atoms with van der Waals surface area (Å²) < 4.78 is 33.3. The van der Waals surface area contributed by atoms with E-state index in [2.05, 4.69) is 20.1 Å². The van der Waals surface area contributed by atoms with E-state index in [1.165, 1.54) is 13.3 Å². The van der Waals surface area contributed by atoms with Gasteiger partial charge >= 0.3 is 0 Å². The Kier molecular flexibility index (Phi) is 5.03. The molecule has 0 saturated carbocycles. The molecular weight excluding hydrogens is 358 g/mol. The topological polar surface area (TPSA) is 115 Å². The first-order valence-electron chi connectivity index (χ1n) is 7.69. The summed E-state index contributed by atoms with van der Waals surface area (Å²) >= 11 is 0. The van der Waals surface area contributed by atoms with Crippen molar-refractivity contribution in [3.05, 3.63) is 54.5 Å². The first kappa shape index (κ1) is 17.7. The van der Waals surface area contributed by atoms with Gasteiger partial charge in [0.05, 0.1) is 29.6 Å². The molecule has 0 fully saturated rings. The highest BCUT2D eigenvalue weighted by atomic mass is 32.2. The smallest absolute Gasteiger partial charge is 0.252 e. The fourth-order valence-corrected chi connectivity index (χ4v) is 3.21. The van der Waals surface area contributed by atoms with Crippen LogP contribution in [-0.2, 0) is 10.0 Å². The minimum absolute atomic E-state index is 0.0326. The maximum absolute atomic E-state index is 12.2. The molecule has 26 heavy (non-hydrogen) atoms. The third-order valence-electron chi connectivity index (χ3n) is 3.54. The van der Waals surface area contributed by atoms with E-state index in [0.717, 1.165) is 5.52 Å². The third-order valence-corrected chi connectivity index (χ3v) is 4.83. The summed E-state index contributed by atoms with van der Waals surface area (Å²) in [5.74, 6) is -0.272. The van der Waals surface area contributed by atoms with Crippen molar-refractivity contribution in [1.29, 1.82) is 0 Å². The molecule has 136 valence electrons. The minimum Gasteiger partial charge on any atom is -0.481 e. The van der Waals surface area contributed by atoms with Gasteiger partial charge in [-0.2, -0.15) is 5.10 Å². The number of hydrogen-bond acceptors (Lipinski definition) is 6. The van der Waals surface area contributed by atoms with E-state index < -0.39 is 15.9 Å². The van der Waals surface area contributed by atoms with Gasteiger partial charge in [-0.1, -0.05) is 0 Å². The second-order valence-electron chi connectivity index (χ2n) is 5.38. The van der Waals surface area contributed by atoms with Gasteiger partial charge in [-0.25, -0.2) is 17.9 Å². The van der Waals surface area contributed by atoms with Crippen LogP contribution in [0, 0.1) is 0 Å². The van der Waals surface area contributed by atoms with Crippen molar-refractivity contribution < 1.29 is 17.9 Å². The minimum atomic E-state index is -3.60. The van der Waals surface area contributed by atoms with E-state index in [1.54, 1.807) is 47.2 Å². The van der Waals surface area contributed by atoms with Gasteiger partial charge in [-0.15, -0.1) is 0 Å². The van der Waals surface area contributed by atoms with Gasteiger partial charge < -0.3 is 10.1 Å². The number of aromatic nitrogens is 3. The van der Waals surface area contributed by atoms with E-state index in [0.29, 0.717) is 17.1 Å². The van der Waals surface area contributed by atoms with Crippen LogP contribution in [-0.4, -0.2) is 48.3 Å². The standard InChI is InChI=1S/C16H17N5O4S/c1-25-15-3-2-12(11-18-15)16(22)17-7-9-26(23,24)20-13-5-8-21-14(10-13)4-6-19-21/h2-6,8,10-11,20H,7,9H2,1H3,(H,17,22). The Morgan fingerprint density at radius 3 is 2.85 bits per heavy atom. The number of ether oxygens (including phenoxy) is 1. The molecule has 0 aliphatic heterocycles. The molecule has 10 heteroatoms. The first-order chi connectivity index (χ1) is 12.5. The Labute approximate surface area is 150 Å². The molecule has 0 aliphatic rings. The first-order valence-corrected chi connectivity index (χ1v) is 9.34. The summed E-state index contributed by atoms with van der Waals surface area (Å²) in [5, 5.41) is 6.59. The highest BCUT2D eigenvalue weighted by Crippen LogP contribution is 2.13.